The van der Waals surface area contributed by atoms with Gasteiger partial charge in [-0.15, -0.1) is 0 Å². The van der Waals surface area contributed by atoms with Gasteiger partial charge in [0, 0.05) is 12.2 Å². The van der Waals surface area contributed by atoms with Crippen LogP contribution in [-0.4, -0.2) is 11.5 Å². The maximum atomic E-state index is 5.84. The fourth-order valence-corrected chi connectivity index (χ4v) is 1.62. The van der Waals surface area contributed by atoms with Crippen LogP contribution in [0.25, 0.3) is 0 Å². The number of hydrogen-bond acceptors (Lipinski definition) is 3. The van der Waals surface area contributed by atoms with Gasteiger partial charge in [0.1, 0.15) is 0 Å². The molecular formula is C9H13N3. The highest BCUT2D eigenvalue weighted by Gasteiger charge is 2.12. The van der Waals surface area contributed by atoms with Gasteiger partial charge in [0.25, 0.3) is 0 Å². The van der Waals surface area contributed by atoms with Crippen molar-refractivity contribution in [2.45, 2.75) is 19.8 Å². The van der Waals surface area contributed by atoms with E-state index in [9.17, 15) is 0 Å². The van der Waals surface area contributed by atoms with Crippen LogP contribution in [0, 0.1) is 6.92 Å². The molecule has 0 atom stereocenters. The molecule has 0 aliphatic carbocycles. The molecule has 1 aliphatic rings. The van der Waals surface area contributed by atoms with Gasteiger partial charge in [0.2, 0.25) is 0 Å². The van der Waals surface area contributed by atoms with Crippen molar-refractivity contribution in [3.05, 3.63) is 17.5 Å². The molecule has 2 rings (SSSR count). The zero-order valence-corrected chi connectivity index (χ0v) is 7.22. The summed E-state index contributed by atoms with van der Waals surface area (Å²) < 4.78 is 0. The van der Waals surface area contributed by atoms with E-state index in [2.05, 4.69) is 10.3 Å². The molecule has 64 valence electrons. The quantitative estimate of drug-likeness (QED) is 0.606. The SMILES string of the molecule is Cc1cc(N)c2c(n1)CCCN2. The van der Waals surface area contributed by atoms with Gasteiger partial charge in [-0.1, -0.05) is 0 Å². The van der Waals surface area contributed by atoms with Gasteiger partial charge < -0.3 is 11.1 Å². The normalized spacial score (nSPS) is 15.1. The summed E-state index contributed by atoms with van der Waals surface area (Å²) in [4.78, 5) is 4.43. The van der Waals surface area contributed by atoms with Crippen LogP contribution < -0.4 is 11.1 Å². The largest absolute Gasteiger partial charge is 0.397 e. The molecule has 0 aromatic carbocycles. The monoisotopic (exact) mass is 163 g/mol. The van der Waals surface area contributed by atoms with Gasteiger partial charge >= 0.3 is 0 Å². The standard InChI is InChI=1S/C9H13N3/c1-6-5-7(10)9-8(12-6)3-2-4-11-9/h5,11H,2-4H2,1H3,(H2,10,12). The second kappa shape index (κ2) is 2.66. The minimum absolute atomic E-state index is 0.831. The van der Waals surface area contributed by atoms with Crippen LogP contribution in [0.1, 0.15) is 17.8 Å². The highest BCUT2D eigenvalue weighted by atomic mass is 14.9. The molecule has 3 nitrogen and oxygen atoms in total. The fourth-order valence-electron chi connectivity index (χ4n) is 1.62. The Bertz CT molecular complexity index is 307. The van der Waals surface area contributed by atoms with E-state index in [1.807, 2.05) is 13.0 Å². The molecule has 1 aliphatic heterocycles. The summed E-state index contributed by atoms with van der Waals surface area (Å²) in [6.45, 7) is 2.99. The van der Waals surface area contributed by atoms with Crippen LogP contribution in [0.15, 0.2) is 6.07 Å². The van der Waals surface area contributed by atoms with Crippen molar-refractivity contribution in [3.8, 4) is 0 Å². The number of rotatable bonds is 0. The van der Waals surface area contributed by atoms with Crippen LogP contribution in [0.2, 0.25) is 0 Å². The van der Waals surface area contributed by atoms with E-state index in [0.717, 1.165) is 42.1 Å². The van der Waals surface area contributed by atoms with Crippen molar-refractivity contribution in [2.24, 2.45) is 0 Å². The molecule has 0 radical (unpaired) electrons. The number of fused-ring (bicyclic) bond motifs is 1. The number of nitrogens with one attached hydrogen (secondary N) is 1. The number of nitrogens with zero attached hydrogens (tertiary/aromatic N) is 1. The topological polar surface area (TPSA) is 50.9 Å². The Morgan fingerprint density at radius 2 is 2.42 bits per heavy atom. The summed E-state index contributed by atoms with van der Waals surface area (Å²) in [5.41, 5.74) is 9.85. The Morgan fingerprint density at radius 1 is 1.58 bits per heavy atom. The van der Waals surface area contributed by atoms with E-state index in [1.165, 1.54) is 0 Å². The first kappa shape index (κ1) is 7.40. The molecule has 2 heterocycles. The van der Waals surface area contributed by atoms with E-state index in [-0.39, 0.29) is 0 Å². The molecule has 12 heavy (non-hydrogen) atoms. The Kier molecular flexibility index (Phi) is 1.64. The van der Waals surface area contributed by atoms with Gasteiger partial charge in [0.15, 0.2) is 0 Å². The molecule has 0 fully saturated rings. The van der Waals surface area contributed by atoms with Crippen LogP contribution in [-0.2, 0) is 6.42 Å². The molecule has 1 aromatic heterocycles. The summed E-state index contributed by atoms with van der Waals surface area (Å²) in [5.74, 6) is 0. The number of nitrogen functional groups attached to an aromatic ring is 1. The van der Waals surface area contributed by atoms with E-state index in [0.29, 0.717) is 0 Å². The summed E-state index contributed by atoms with van der Waals surface area (Å²) in [5, 5.41) is 3.27. The van der Waals surface area contributed by atoms with Gasteiger partial charge in [-0.2, -0.15) is 0 Å². The molecule has 0 unspecified atom stereocenters. The highest BCUT2D eigenvalue weighted by molar-refractivity contribution is 5.69. The number of pyridine rings is 1. The molecular weight excluding hydrogens is 150 g/mol. The van der Waals surface area contributed by atoms with E-state index in [4.69, 9.17) is 5.73 Å². The zero-order valence-electron chi connectivity index (χ0n) is 7.22. The first-order valence-electron chi connectivity index (χ1n) is 4.27. The number of anilines is 2. The zero-order chi connectivity index (χ0) is 8.55. The van der Waals surface area contributed by atoms with Crippen molar-refractivity contribution in [1.82, 2.24) is 4.98 Å². The third kappa shape index (κ3) is 1.11. The first-order chi connectivity index (χ1) is 5.77. The number of hydrogen-bond donors (Lipinski definition) is 2. The van der Waals surface area contributed by atoms with Crippen LogP contribution in [0.3, 0.4) is 0 Å². The van der Waals surface area contributed by atoms with Gasteiger partial charge in [-0.3, -0.25) is 4.98 Å². The Morgan fingerprint density at radius 3 is 3.25 bits per heavy atom. The smallest absolute Gasteiger partial charge is 0.0793 e. The highest BCUT2D eigenvalue weighted by Crippen LogP contribution is 2.26. The molecule has 0 amide bonds. The summed E-state index contributed by atoms with van der Waals surface area (Å²) in [6.07, 6.45) is 2.21. The molecule has 0 spiro atoms. The number of aryl methyl sites for hydroxylation is 2. The predicted molar refractivity (Wildman–Crippen MR) is 50.2 cm³/mol. The minimum Gasteiger partial charge on any atom is -0.397 e. The molecule has 0 saturated heterocycles. The van der Waals surface area contributed by atoms with E-state index >= 15 is 0 Å². The van der Waals surface area contributed by atoms with Gasteiger partial charge in [-0.05, 0) is 25.8 Å². The number of nitrogens with two attached hydrogens (primary N) is 1. The Labute approximate surface area is 72.0 Å². The lowest BCUT2D eigenvalue weighted by Crippen LogP contribution is -2.15. The summed E-state index contributed by atoms with van der Waals surface area (Å²) in [6, 6.07) is 1.91. The molecule has 1 aromatic rings. The Hall–Kier alpha value is -1.25. The predicted octanol–water partition coefficient (Wildman–Crippen LogP) is 1.33. The third-order valence-corrected chi connectivity index (χ3v) is 2.15. The van der Waals surface area contributed by atoms with E-state index in [1.54, 1.807) is 0 Å². The summed E-state index contributed by atoms with van der Waals surface area (Å²) in [7, 11) is 0. The molecule has 0 saturated carbocycles. The lowest BCUT2D eigenvalue weighted by Gasteiger charge is -2.19. The maximum Gasteiger partial charge on any atom is 0.0793 e. The van der Waals surface area contributed by atoms with Gasteiger partial charge in [-0.25, -0.2) is 0 Å². The molecule has 0 bridgehead atoms. The summed E-state index contributed by atoms with van der Waals surface area (Å²) >= 11 is 0. The lowest BCUT2D eigenvalue weighted by atomic mass is 10.1. The first-order valence-corrected chi connectivity index (χ1v) is 4.27. The third-order valence-electron chi connectivity index (χ3n) is 2.15. The average molecular weight is 163 g/mol. The van der Waals surface area contributed by atoms with E-state index < -0.39 is 0 Å². The van der Waals surface area contributed by atoms with Crippen LogP contribution in [0.4, 0.5) is 11.4 Å². The van der Waals surface area contributed by atoms with Gasteiger partial charge in [0.05, 0.1) is 17.1 Å². The van der Waals surface area contributed by atoms with Crippen molar-refractivity contribution in [2.75, 3.05) is 17.6 Å². The van der Waals surface area contributed by atoms with Crippen molar-refractivity contribution in [1.29, 1.82) is 0 Å². The average Bonchev–Trinajstić information content (AvgIpc) is 2.04. The molecule has 3 heteroatoms. The van der Waals surface area contributed by atoms with Crippen molar-refractivity contribution in [3.63, 3.8) is 0 Å². The van der Waals surface area contributed by atoms with Crippen LogP contribution in [0.5, 0.6) is 0 Å². The minimum atomic E-state index is 0.831. The second-order valence-electron chi connectivity index (χ2n) is 3.20. The molecule has 3 N–H and O–H groups in total. The Balaban J connectivity index is 2.53. The van der Waals surface area contributed by atoms with Crippen LogP contribution >= 0.6 is 0 Å². The van der Waals surface area contributed by atoms with Crippen molar-refractivity contribution >= 4 is 11.4 Å². The number of aromatic nitrogens is 1. The fraction of sp³-hybridized carbons (Fsp3) is 0.444. The second-order valence-corrected chi connectivity index (χ2v) is 3.20. The lowest BCUT2D eigenvalue weighted by molar-refractivity contribution is 0.798. The van der Waals surface area contributed by atoms with Crippen molar-refractivity contribution < 1.29 is 0 Å². The maximum absolute atomic E-state index is 5.84.